The Hall–Kier alpha value is -0.0400. The molecule has 0 saturated heterocycles. The van der Waals surface area contributed by atoms with Gasteiger partial charge in [-0.1, -0.05) is 6.92 Å². The van der Waals surface area contributed by atoms with Gasteiger partial charge in [-0.25, -0.2) is 0 Å². The molecule has 0 spiro atoms. The summed E-state index contributed by atoms with van der Waals surface area (Å²) in [7, 11) is 2.12. The van der Waals surface area contributed by atoms with Crippen molar-refractivity contribution in [1.82, 2.24) is 5.32 Å². The number of nitrogens with one attached hydrogen (secondary N) is 1. The predicted octanol–water partition coefficient (Wildman–Crippen LogP) is 2.42. The average molecular weight is 167 g/mol. The number of rotatable bonds is 2. The van der Waals surface area contributed by atoms with Crippen LogP contribution in [0.1, 0.15) is 39.0 Å². The molecule has 1 N–H and O–H groups in total. The first kappa shape index (κ1) is 8.55. The molecule has 3 atom stereocenters. The highest BCUT2D eigenvalue weighted by Gasteiger charge is 2.37. The molecule has 0 aromatic carbocycles. The van der Waals surface area contributed by atoms with Gasteiger partial charge in [-0.2, -0.15) is 0 Å². The number of hydrogen-bond acceptors (Lipinski definition) is 1. The summed E-state index contributed by atoms with van der Waals surface area (Å²) in [5.74, 6) is 3.16. The molecule has 1 heteroatoms. The van der Waals surface area contributed by atoms with Gasteiger partial charge in [0.15, 0.2) is 0 Å². The van der Waals surface area contributed by atoms with Crippen LogP contribution in [0.2, 0.25) is 0 Å². The molecule has 2 fully saturated rings. The fraction of sp³-hybridized carbons (Fsp3) is 1.00. The lowest BCUT2D eigenvalue weighted by Gasteiger charge is -2.34. The van der Waals surface area contributed by atoms with Gasteiger partial charge in [-0.15, -0.1) is 0 Å². The van der Waals surface area contributed by atoms with Crippen molar-refractivity contribution in [1.29, 1.82) is 0 Å². The summed E-state index contributed by atoms with van der Waals surface area (Å²) < 4.78 is 0. The van der Waals surface area contributed by atoms with Crippen molar-refractivity contribution < 1.29 is 0 Å². The molecule has 1 nitrogen and oxygen atoms in total. The fourth-order valence-corrected chi connectivity index (χ4v) is 2.80. The van der Waals surface area contributed by atoms with Crippen molar-refractivity contribution in [2.24, 2.45) is 17.8 Å². The largest absolute Gasteiger partial charge is 0.317 e. The smallest absolute Gasteiger partial charge is 0.00670 e. The van der Waals surface area contributed by atoms with E-state index in [0.29, 0.717) is 0 Å². The Bertz CT molecular complexity index is 151. The molecule has 0 aliphatic heterocycles. The molecule has 2 aliphatic carbocycles. The normalized spacial score (nSPS) is 43.0. The lowest BCUT2D eigenvalue weighted by atomic mass is 9.75. The Balaban J connectivity index is 1.90. The van der Waals surface area contributed by atoms with E-state index in [2.05, 4.69) is 19.3 Å². The first-order valence-electron chi connectivity index (χ1n) is 5.48. The second-order valence-electron chi connectivity index (χ2n) is 4.78. The molecular weight excluding hydrogens is 146 g/mol. The summed E-state index contributed by atoms with van der Waals surface area (Å²) in [6.45, 7) is 2.45. The van der Waals surface area contributed by atoms with Gasteiger partial charge in [0.1, 0.15) is 0 Å². The van der Waals surface area contributed by atoms with Crippen LogP contribution in [0.4, 0.5) is 0 Å². The van der Waals surface area contributed by atoms with Crippen LogP contribution in [0, 0.1) is 17.8 Å². The maximum atomic E-state index is 3.44. The standard InChI is InChI=1S/C11H21N/c1-8-3-6-10(12-2)7-11(8)9-4-5-9/h8-12H,3-7H2,1-2H3. The third kappa shape index (κ3) is 1.66. The Kier molecular flexibility index (Phi) is 2.40. The van der Waals surface area contributed by atoms with Gasteiger partial charge in [0.2, 0.25) is 0 Å². The average Bonchev–Trinajstić information content (AvgIpc) is 2.88. The van der Waals surface area contributed by atoms with Gasteiger partial charge in [-0.3, -0.25) is 0 Å². The zero-order chi connectivity index (χ0) is 8.55. The van der Waals surface area contributed by atoms with Crippen molar-refractivity contribution in [3.63, 3.8) is 0 Å². The van der Waals surface area contributed by atoms with E-state index in [1.54, 1.807) is 0 Å². The molecule has 0 amide bonds. The van der Waals surface area contributed by atoms with Crippen molar-refractivity contribution in [2.45, 2.75) is 45.1 Å². The van der Waals surface area contributed by atoms with Crippen LogP contribution in [-0.2, 0) is 0 Å². The summed E-state index contributed by atoms with van der Waals surface area (Å²) in [5, 5.41) is 3.44. The molecule has 0 radical (unpaired) electrons. The lowest BCUT2D eigenvalue weighted by molar-refractivity contribution is 0.193. The molecule has 0 bridgehead atoms. The van der Waals surface area contributed by atoms with Crippen LogP contribution >= 0.6 is 0 Å². The summed E-state index contributed by atoms with van der Waals surface area (Å²) in [5.41, 5.74) is 0. The third-order valence-corrected chi connectivity index (χ3v) is 3.89. The third-order valence-electron chi connectivity index (χ3n) is 3.89. The summed E-state index contributed by atoms with van der Waals surface area (Å²) >= 11 is 0. The summed E-state index contributed by atoms with van der Waals surface area (Å²) in [6, 6.07) is 0.826. The number of hydrogen-bond donors (Lipinski definition) is 1. The predicted molar refractivity (Wildman–Crippen MR) is 52.1 cm³/mol. The van der Waals surface area contributed by atoms with E-state index in [4.69, 9.17) is 0 Å². The van der Waals surface area contributed by atoms with E-state index < -0.39 is 0 Å². The maximum Gasteiger partial charge on any atom is 0.00670 e. The summed E-state index contributed by atoms with van der Waals surface area (Å²) in [6.07, 6.45) is 7.34. The minimum absolute atomic E-state index is 0.826. The van der Waals surface area contributed by atoms with Crippen LogP contribution in [-0.4, -0.2) is 13.1 Å². The first-order valence-corrected chi connectivity index (χ1v) is 5.48. The van der Waals surface area contributed by atoms with Crippen LogP contribution in [0.15, 0.2) is 0 Å². The quantitative estimate of drug-likeness (QED) is 0.666. The topological polar surface area (TPSA) is 12.0 Å². The van der Waals surface area contributed by atoms with Gasteiger partial charge in [0, 0.05) is 6.04 Å². The Morgan fingerprint density at radius 1 is 1.08 bits per heavy atom. The van der Waals surface area contributed by atoms with E-state index >= 15 is 0 Å². The van der Waals surface area contributed by atoms with Crippen molar-refractivity contribution in [3.8, 4) is 0 Å². The van der Waals surface area contributed by atoms with Crippen LogP contribution < -0.4 is 5.32 Å². The van der Waals surface area contributed by atoms with E-state index in [0.717, 1.165) is 23.8 Å². The summed E-state index contributed by atoms with van der Waals surface area (Å²) in [4.78, 5) is 0. The first-order chi connectivity index (χ1) is 5.81. The minimum Gasteiger partial charge on any atom is -0.317 e. The Morgan fingerprint density at radius 2 is 1.83 bits per heavy atom. The highest BCUT2D eigenvalue weighted by molar-refractivity contribution is 4.90. The fourth-order valence-electron chi connectivity index (χ4n) is 2.80. The van der Waals surface area contributed by atoms with Crippen molar-refractivity contribution >= 4 is 0 Å². The van der Waals surface area contributed by atoms with E-state index in [1.807, 2.05) is 0 Å². The highest BCUT2D eigenvalue weighted by atomic mass is 14.9. The lowest BCUT2D eigenvalue weighted by Crippen LogP contribution is -2.35. The van der Waals surface area contributed by atoms with E-state index in [1.165, 1.54) is 32.1 Å². The molecule has 0 aromatic rings. The Morgan fingerprint density at radius 3 is 2.42 bits per heavy atom. The monoisotopic (exact) mass is 167 g/mol. The van der Waals surface area contributed by atoms with Crippen molar-refractivity contribution in [3.05, 3.63) is 0 Å². The zero-order valence-corrected chi connectivity index (χ0v) is 8.34. The molecule has 0 aromatic heterocycles. The van der Waals surface area contributed by atoms with Gasteiger partial charge >= 0.3 is 0 Å². The molecule has 0 heterocycles. The van der Waals surface area contributed by atoms with E-state index in [9.17, 15) is 0 Å². The second kappa shape index (κ2) is 3.37. The molecule has 2 saturated carbocycles. The Labute approximate surface area is 75.9 Å². The van der Waals surface area contributed by atoms with Gasteiger partial charge in [-0.05, 0) is 56.9 Å². The SMILES string of the molecule is CNC1CCC(C)C(C2CC2)C1. The molecular formula is C11H21N. The van der Waals surface area contributed by atoms with Gasteiger partial charge in [0.05, 0.1) is 0 Å². The molecule has 2 rings (SSSR count). The zero-order valence-electron chi connectivity index (χ0n) is 8.34. The minimum atomic E-state index is 0.826. The van der Waals surface area contributed by atoms with Crippen LogP contribution in [0.25, 0.3) is 0 Å². The molecule has 12 heavy (non-hydrogen) atoms. The highest BCUT2D eigenvalue weighted by Crippen LogP contribution is 2.46. The van der Waals surface area contributed by atoms with Gasteiger partial charge in [0.25, 0.3) is 0 Å². The molecule has 2 aliphatic rings. The van der Waals surface area contributed by atoms with E-state index in [-0.39, 0.29) is 0 Å². The van der Waals surface area contributed by atoms with Crippen molar-refractivity contribution in [2.75, 3.05) is 7.05 Å². The maximum absolute atomic E-state index is 3.44. The van der Waals surface area contributed by atoms with Crippen LogP contribution in [0.3, 0.4) is 0 Å². The van der Waals surface area contributed by atoms with Crippen LogP contribution in [0.5, 0.6) is 0 Å². The van der Waals surface area contributed by atoms with Gasteiger partial charge < -0.3 is 5.32 Å². The second-order valence-corrected chi connectivity index (χ2v) is 4.78. The molecule has 70 valence electrons. The molecule has 3 unspecified atom stereocenters.